The van der Waals surface area contributed by atoms with Gasteiger partial charge in [-0.2, -0.15) is 8.78 Å². The van der Waals surface area contributed by atoms with E-state index in [0.29, 0.717) is 18.9 Å². The number of halogens is 3. The fourth-order valence-electron chi connectivity index (χ4n) is 2.35. The summed E-state index contributed by atoms with van der Waals surface area (Å²) in [6.07, 6.45) is 2.69. The third-order valence-corrected chi connectivity index (χ3v) is 4.86. The van der Waals surface area contributed by atoms with Crippen molar-refractivity contribution in [2.24, 2.45) is 0 Å². The first-order chi connectivity index (χ1) is 11.5. The van der Waals surface area contributed by atoms with E-state index in [-0.39, 0.29) is 0 Å². The highest BCUT2D eigenvalue weighted by Crippen LogP contribution is 2.26. The summed E-state index contributed by atoms with van der Waals surface area (Å²) in [5.41, 5.74) is 1.96. The van der Waals surface area contributed by atoms with Gasteiger partial charge in [0.2, 0.25) is 0 Å². The van der Waals surface area contributed by atoms with E-state index in [9.17, 15) is 8.78 Å². The maximum atomic E-state index is 12.9. The molecule has 0 atom stereocenters. The van der Waals surface area contributed by atoms with E-state index in [2.05, 4.69) is 25.9 Å². The van der Waals surface area contributed by atoms with Gasteiger partial charge < -0.3 is 0 Å². The van der Waals surface area contributed by atoms with E-state index in [4.69, 9.17) is 0 Å². The maximum absolute atomic E-state index is 12.9. The van der Waals surface area contributed by atoms with Crippen molar-refractivity contribution in [3.63, 3.8) is 0 Å². The predicted molar refractivity (Wildman–Crippen MR) is 93.9 cm³/mol. The number of hydrogen-bond acceptors (Lipinski definition) is 4. The van der Waals surface area contributed by atoms with Gasteiger partial charge in [-0.3, -0.25) is 9.47 Å². The van der Waals surface area contributed by atoms with Gasteiger partial charge in [-0.15, -0.1) is 11.3 Å². The van der Waals surface area contributed by atoms with E-state index in [1.807, 2.05) is 41.6 Å². The number of alkyl halides is 2. The molecule has 126 valence electrons. The van der Waals surface area contributed by atoms with Crippen LogP contribution < -0.4 is 0 Å². The normalized spacial score (nSPS) is 11.6. The largest absolute Gasteiger partial charge is 0.319 e. The SMILES string of the molecule is CN(Cc1csc(-c2cccc(Br)c2)n1)Cc1nccn1C(F)F. The van der Waals surface area contributed by atoms with Gasteiger partial charge in [0.15, 0.2) is 0 Å². The Hall–Kier alpha value is -1.64. The predicted octanol–water partition coefficient (Wildman–Crippen LogP) is 4.80. The van der Waals surface area contributed by atoms with Crippen LogP contribution in [0.2, 0.25) is 0 Å². The van der Waals surface area contributed by atoms with Crippen LogP contribution in [-0.2, 0) is 13.1 Å². The van der Waals surface area contributed by atoms with Gasteiger partial charge in [0, 0.05) is 34.4 Å². The van der Waals surface area contributed by atoms with Crippen molar-refractivity contribution in [2.45, 2.75) is 19.6 Å². The number of thiazole rings is 1. The highest BCUT2D eigenvalue weighted by molar-refractivity contribution is 9.10. The lowest BCUT2D eigenvalue weighted by atomic mass is 10.2. The second-order valence-corrected chi connectivity index (χ2v) is 7.13. The first-order valence-electron chi connectivity index (χ1n) is 7.21. The minimum Gasteiger partial charge on any atom is -0.293 e. The molecule has 0 N–H and O–H groups in total. The molecule has 0 aliphatic rings. The number of nitrogens with zero attached hydrogens (tertiary/aromatic N) is 4. The molecule has 8 heteroatoms. The maximum Gasteiger partial charge on any atom is 0.319 e. The fourth-order valence-corrected chi connectivity index (χ4v) is 3.56. The zero-order valence-electron chi connectivity index (χ0n) is 12.9. The van der Waals surface area contributed by atoms with Crippen molar-refractivity contribution in [2.75, 3.05) is 7.05 Å². The highest BCUT2D eigenvalue weighted by Gasteiger charge is 2.14. The minimum atomic E-state index is -2.57. The standard InChI is InChI=1S/C16H15BrF2N4S/c1-22(9-14-20-5-6-23(14)16(18)19)8-13-10-24-15(21-13)11-3-2-4-12(17)7-11/h2-7,10,16H,8-9H2,1H3. The molecule has 3 rings (SSSR count). The van der Waals surface area contributed by atoms with Crippen molar-refractivity contribution in [1.29, 1.82) is 0 Å². The summed E-state index contributed by atoms with van der Waals surface area (Å²) in [7, 11) is 1.86. The third kappa shape index (κ3) is 4.06. The van der Waals surface area contributed by atoms with Crippen LogP contribution in [0.25, 0.3) is 10.6 Å². The lowest BCUT2D eigenvalue weighted by molar-refractivity contribution is 0.0644. The van der Waals surface area contributed by atoms with Crippen LogP contribution in [0.3, 0.4) is 0 Å². The van der Waals surface area contributed by atoms with Crippen LogP contribution >= 0.6 is 27.3 Å². The molecule has 2 heterocycles. The Morgan fingerprint density at radius 1 is 1.33 bits per heavy atom. The first kappa shape index (κ1) is 17.2. The topological polar surface area (TPSA) is 34.0 Å². The quantitative estimate of drug-likeness (QED) is 0.583. The molecule has 24 heavy (non-hydrogen) atoms. The van der Waals surface area contributed by atoms with Gasteiger partial charge >= 0.3 is 6.55 Å². The molecule has 0 saturated heterocycles. The Morgan fingerprint density at radius 2 is 2.17 bits per heavy atom. The van der Waals surface area contributed by atoms with E-state index < -0.39 is 6.55 Å². The van der Waals surface area contributed by atoms with Gasteiger partial charge in [-0.1, -0.05) is 28.1 Å². The highest BCUT2D eigenvalue weighted by atomic mass is 79.9. The minimum absolute atomic E-state index is 0.334. The molecule has 0 aliphatic carbocycles. The lowest BCUT2D eigenvalue weighted by Gasteiger charge is -2.15. The van der Waals surface area contributed by atoms with Crippen LogP contribution in [0.1, 0.15) is 18.1 Å². The van der Waals surface area contributed by atoms with Crippen molar-refractivity contribution in [3.05, 3.63) is 58.0 Å². The molecule has 1 aromatic carbocycles. The van der Waals surface area contributed by atoms with Crippen LogP contribution in [0, 0.1) is 0 Å². The molecule has 0 bridgehead atoms. The smallest absolute Gasteiger partial charge is 0.293 e. The molecule has 3 aromatic rings. The fraction of sp³-hybridized carbons (Fsp3) is 0.250. The number of hydrogen-bond donors (Lipinski definition) is 0. The van der Waals surface area contributed by atoms with E-state index in [0.717, 1.165) is 25.3 Å². The third-order valence-electron chi connectivity index (χ3n) is 3.43. The molecular formula is C16H15BrF2N4S. The summed E-state index contributed by atoms with van der Waals surface area (Å²) < 4.78 is 27.6. The van der Waals surface area contributed by atoms with E-state index in [1.54, 1.807) is 11.3 Å². The summed E-state index contributed by atoms with van der Waals surface area (Å²) in [4.78, 5) is 10.5. The van der Waals surface area contributed by atoms with Gasteiger partial charge in [0.1, 0.15) is 10.8 Å². The molecular weight excluding hydrogens is 398 g/mol. The molecule has 0 aliphatic heterocycles. The van der Waals surface area contributed by atoms with Gasteiger partial charge in [-0.25, -0.2) is 9.97 Å². The van der Waals surface area contributed by atoms with Crippen molar-refractivity contribution >= 4 is 27.3 Å². The monoisotopic (exact) mass is 412 g/mol. The second-order valence-electron chi connectivity index (χ2n) is 5.36. The van der Waals surface area contributed by atoms with Crippen molar-refractivity contribution < 1.29 is 8.78 Å². The van der Waals surface area contributed by atoms with Gasteiger partial charge in [0.05, 0.1) is 12.2 Å². The zero-order valence-corrected chi connectivity index (χ0v) is 15.3. The van der Waals surface area contributed by atoms with Crippen molar-refractivity contribution in [3.8, 4) is 10.6 Å². The van der Waals surface area contributed by atoms with Crippen LogP contribution in [0.4, 0.5) is 8.78 Å². The molecule has 0 radical (unpaired) electrons. The van der Waals surface area contributed by atoms with Crippen LogP contribution in [0.15, 0.2) is 46.5 Å². The zero-order chi connectivity index (χ0) is 17.1. The number of aromatic nitrogens is 3. The van der Waals surface area contributed by atoms with E-state index >= 15 is 0 Å². The number of rotatable bonds is 6. The van der Waals surface area contributed by atoms with E-state index in [1.165, 1.54) is 12.4 Å². The number of imidazole rings is 1. The summed E-state index contributed by atoms with van der Waals surface area (Å²) in [5.74, 6) is 0.343. The van der Waals surface area contributed by atoms with Crippen LogP contribution in [-0.4, -0.2) is 26.5 Å². The number of benzene rings is 1. The van der Waals surface area contributed by atoms with Gasteiger partial charge in [0.25, 0.3) is 0 Å². The molecule has 0 spiro atoms. The summed E-state index contributed by atoms with van der Waals surface area (Å²) in [6, 6.07) is 7.97. The Morgan fingerprint density at radius 3 is 2.92 bits per heavy atom. The average molecular weight is 413 g/mol. The lowest BCUT2D eigenvalue weighted by Crippen LogP contribution is -2.20. The average Bonchev–Trinajstić information content (AvgIpc) is 3.16. The second kappa shape index (κ2) is 7.50. The summed E-state index contributed by atoms with van der Waals surface area (Å²) >= 11 is 5.03. The van der Waals surface area contributed by atoms with Crippen molar-refractivity contribution in [1.82, 2.24) is 19.4 Å². The summed E-state index contributed by atoms with van der Waals surface area (Å²) in [5, 5.41) is 2.93. The van der Waals surface area contributed by atoms with Gasteiger partial charge in [-0.05, 0) is 19.2 Å². The Balaban J connectivity index is 1.67. The Labute approximate surface area is 150 Å². The Kier molecular flexibility index (Phi) is 5.37. The Bertz CT molecular complexity index is 818. The molecule has 0 fully saturated rings. The first-order valence-corrected chi connectivity index (χ1v) is 8.89. The molecule has 0 unspecified atom stereocenters. The van der Waals surface area contributed by atoms with Crippen LogP contribution in [0.5, 0.6) is 0 Å². The molecule has 0 amide bonds. The molecule has 0 saturated carbocycles. The molecule has 4 nitrogen and oxygen atoms in total. The molecule has 2 aromatic heterocycles. The summed E-state index contributed by atoms with van der Waals surface area (Å²) in [6.45, 7) is -1.67.